The molecule has 140 valence electrons. The van der Waals surface area contributed by atoms with Crippen molar-refractivity contribution in [2.24, 2.45) is 5.41 Å². The van der Waals surface area contributed by atoms with Gasteiger partial charge in [0.05, 0.1) is 6.61 Å². The van der Waals surface area contributed by atoms with Crippen molar-refractivity contribution in [1.29, 1.82) is 0 Å². The molecule has 1 aliphatic rings. The van der Waals surface area contributed by atoms with Crippen LogP contribution in [0.25, 0.3) is 0 Å². The molecule has 0 saturated heterocycles. The lowest BCUT2D eigenvalue weighted by atomic mass is 9.64. The summed E-state index contributed by atoms with van der Waals surface area (Å²) in [5, 5.41) is 0. The van der Waals surface area contributed by atoms with Gasteiger partial charge < -0.3 is 9.47 Å². The summed E-state index contributed by atoms with van der Waals surface area (Å²) in [6, 6.07) is 9.50. The maximum absolute atomic E-state index is 13.2. The molecular formula is C22H28O4. The Morgan fingerprint density at radius 3 is 2.46 bits per heavy atom. The van der Waals surface area contributed by atoms with E-state index in [1.807, 2.05) is 51.1 Å². The first-order chi connectivity index (χ1) is 12.2. The Morgan fingerprint density at radius 1 is 1.31 bits per heavy atom. The van der Waals surface area contributed by atoms with Crippen molar-refractivity contribution in [2.45, 2.75) is 52.1 Å². The third-order valence-electron chi connectivity index (χ3n) is 4.50. The molecule has 0 amide bonds. The molecule has 26 heavy (non-hydrogen) atoms. The Kier molecular flexibility index (Phi) is 6.06. The van der Waals surface area contributed by atoms with Crippen LogP contribution < -0.4 is 0 Å². The Hall–Kier alpha value is -2.36. The van der Waals surface area contributed by atoms with Crippen molar-refractivity contribution in [2.75, 3.05) is 6.61 Å². The van der Waals surface area contributed by atoms with E-state index in [0.29, 0.717) is 18.6 Å². The van der Waals surface area contributed by atoms with E-state index >= 15 is 0 Å². The molecular weight excluding hydrogens is 328 g/mol. The summed E-state index contributed by atoms with van der Waals surface area (Å²) in [5.41, 5.74) is -0.825. The van der Waals surface area contributed by atoms with Crippen molar-refractivity contribution >= 4 is 11.8 Å². The minimum atomic E-state index is -1.30. The van der Waals surface area contributed by atoms with Gasteiger partial charge in [-0.25, -0.2) is 0 Å². The fourth-order valence-corrected chi connectivity index (χ4v) is 3.44. The van der Waals surface area contributed by atoms with Crippen LogP contribution in [-0.4, -0.2) is 24.0 Å². The van der Waals surface area contributed by atoms with Gasteiger partial charge in [-0.3, -0.25) is 9.59 Å². The molecule has 1 aromatic carbocycles. The monoisotopic (exact) mass is 356 g/mol. The first-order valence-electron chi connectivity index (χ1n) is 9.03. The summed E-state index contributed by atoms with van der Waals surface area (Å²) < 4.78 is 11.2. The van der Waals surface area contributed by atoms with Gasteiger partial charge in [0.1, 0.15) is 16.8 Å². The molecule has 0 aliphatic heterocycles. The zero-order valence-corrected chi connectivity index (χ0v) is 16.1. The molecule has 1 unspecified atom stereocenters. The maximum atomic E-state index is 13.2. The van der Waals surface area contributed by atoms with E-state index in [4.69, 9.17) is 9.47 Å². The van der Waals surface area contributed by atoms with Crippen LogP contribution in [0.5, 0.6) is 0 Å². The molecule has 2 atom stereocenters. The van der Waals surface area contributed by atoms with Gasteiger partial charge >= 0.3 is 5.97 Å². The van der Waals surface area contributed by atoms with Gasteiger partial charge in [0.15, 0.2) is 5.78 Å². The Morgan fingerprint density at radius 2 is 1.96 bits per heavy atom. The highest BCUT2D eigenvalue weighted by Crippen LogP contribution is 2.47. The van der Waals surface area contributed by atoms with E-state index < -0.39 is 22.9 Å². The quantitative estimate of drug-likeness (QED) is 0.426. The molecule has 0 radical (unpaired) electrons. The lowest BCUT2D eigenvalue weighted by molar-refractivity contribution is -0.161. The normalized spacial score (nSPS) is 21.5. The number of carbonyl (C=O) groups is 2. The molecule has 0 heterocycles. The number of hydrogen-bond acceptors (Lipinski definition) is 4. The lowest BCUT2D eigenvalue weighted by Crippen LogP contribution is -2.46. The number of benzene rings is 1. The van der Waals surface area contributed by atoms with Gasteiger partial charge in [-0.15, -0.1) is 6.58 Å². The fraction of sp³-hybridized carbons (Fsp3) is 0.455. The summed E-state index contributed by atoms with van der Waals surface area (Å²) in [6.45, 7) is 11.7. The maximum Gasteiger partial charge on any atom is 0.320 e. The van der Waals surface area contributed by atoms with Crippen molar-refractivity contribution in [3.63, 3.8) is 0 Å². The first kappa shape index (κ1) is 20.0. The van der Waals surface area contributed by atoms with Gasteiger partial charge in [0.25, 0.3) is 0 Å². The van der Waals surface area contributed by atoms with E-state index in [1.165, 1.54) is 6.08 Å². The number of hydrogen-bond donors (Lipinski definition) is 0. The van der Waals surface area contributed by atoms with Crippen LogP contribution in [0.2, 0.25) is 0 Å². The third kappa shape index (κ3) is 4.06. The molecule has 0 bridgehead atoms. The highest BCUT2D eigenvalue weighted by Gasteiger charge is 2.53. The standard InChI is InChI=1S/C22H28O4/c1-6-18(16-11-9-8-10-12-16)22(20(24)25-7-2)14-13-17(15-19(22)23)26-21(3,4)5/h6,8-12,15,18H,1,7,13-14H2,2-5H3/t18?,22-/m1/s1. The number of esters is 1. The predicted octanol–water partition coefficient (Wildman–Crippen LogP) is 4.57. The van der Waals surface area contributed by atoms with Crippen LogP contribution in [0.1, 0.15) is 52.0 Å². The smallest absolute Gasteiger partial charge is 0.320 e. The highest BCUT2D eigenvalue weighted by molar-refractivity contribution is 6.11. The largest absolute Gasteiger partial charge is 0.492 e. The summed E-state index contributed by atoms with van der Waals surface area (Å²) in [7, 11) is 0. The fourth-order valence-electron chi connectivity index (χ4n) is 3.44. The molecule has 0 fully saturated rings. The Bertz CT molecular complexity index is 697. The molecule has 0 spiro atoms. The molecule has 0 aromatic heterocycles. The Labute approximate surface area is 155 Å². The van der Waals surface area contributed by atoms with E-state index in [2.05, 4.69) is 6.58 Å². The van der Waals surface area contributed by atoms with Crippen LogP contribution in [0, 0.1) is 5.41 Å². The molecule has 1 aliphatic carbocycles. The second kappa shape index (κ2) is 7.90. The number of carbonyl (C=O) groups excluding carboxylic acids is 2. The van der Waals surface area contributed by atoms with Crippen LogP contribution >= 0.6 is 0 Å². The minimum absolute atomic E-state index is 0.224. The number of allylic oxidation sites excluding steroid dienone is 3. The second-order valence-corrected chi connectivity index (χ2v) is 7.51. The number of rotatable bonds is 6. The molecule has 2 rings (SSSR count). The van der Waals surface area contributed by atoms with Crippen molar-refractivity contribution in [1.82, 2.24) is 0 Å². The summed E-state index contributed by atoms with van der Waals surface area (Å²) >= 11 is 0. The van der Waals surface area contributed by atoms with E-state index in [0.717, 1.165) is 5.56 Å². The van der Waals surface area contributed by atoms with Gasteiger partial charge in [-0.05, 0) is 39.7 Å². The van der Waals surface area contributed by atoms with Gasteiger partial charge in [0.2, 0.25) is 0 Å². The van der Waals surface area contributed by atoms with Gasteiger partial charge in [0, 0.05) is 18.4 Å². The molecule has 4 nitrogen and oxygen atoms in total. The molecule has 1 aromatic rings. The molecule has 0 saturated carbocycles. The van der Waals surface area contributed by atoms with Crippen molar-refractivity contribution in [3.05, 3.63) is 60.4 Å². The average Bonchev–Trinajstić information content (AvgIpc) is 2.57. The van der Waals surface area contributed by atoms with Crippen molar-refractivity contribution in [3.8, 4) is 0 Å². The minimum Gasteiger partial charge on any atom is -0.492 e. The average molecular weight is 356 g/mol. The van der Waals surface area contributed by atoms with E-state index in [-0.39, 0.29) is 12.4 Å². The topological polar surface area (TPSA) is 52.6 Å². The van der Waals surface area contributed by atoms with Crippen LogP contribution in [0.15, 0.2) is 54.8 Å². The van der Waals surface area contributed by atoms with E-state index in [9.17, 15) is 9.59 Å². The summed E-state index contributed by atoms with van der Waals surface area (Å²) in [5.74, 6) is -0.624. The van der Waals surface area contributed by atoms with Crippen LogP contribution in [0.3, 0.4) is 0 Å². The van der Waals surface area contributed by atoms with Gasteiger partial charge in [-0.1, -0.05) is 36.4 Å². The zero-order valence-electron chi connectivity index (χ0n) is 16.1. The van der Waals surface area contributed by atoms with E-state index in [1.54, 1.807) is 13.0 Å². The van der Waals surface area contributed by atoms with Crippen molar-refractivity contribution < 1.29 is 19.1 Å². The summed E-state index contributed by atoms with van der Waals surface area (Å²) in [4.78, 5) is 26.1. The van der Waals surface area contributed by atoms with Crippen LogP contribution in [-0.2, 0) is 19.1 Å². The lowest BCUT2D eigenvalue weighted by Gasteiger charge is -2.38. The van der Waals surface area contributed by atoms with Crippen LogP contribution in [0.4, 0.5) is 0 Å². The zero-order chi connectivity index (χ0) is 19.4. The molecule has 0 N–H and O–H groups in total. The first-order valence-corrected chi connectivity index (χ1v) is 9.03. The summed E-state index contributed by atoms with van der Waals surface area (Å²) in [6.07, 6.45) is 3.97. The van der Waals surface area contributed by atoms with Gasteiger partial charge in [-0.2, -0.15) is 0 Å². The predicted molar refractivity (Wildman–Crippen MR) is 102 cm³/mol. The number of ether oxygens (including phenoxy) is 2. The third-order valence-corrected chi connectivity index (χ3v) is 4.50. The molecule has 4 heteroatoms. The Balaban J connectivity index is 2.49. The highest BCUT2D eigenvalue weighted by atomic mass is 16.5. The second-order valence-electron chi connectivity index (χ2n) is 7.51. The number of ketones is 1. The SMILES string of the molecule is C=CC(c1ccccc1)[C@]1(C(=O)OCC)CCC(OC(C)(C)C)=CC1=O.